The Kier molecular flexibility index (Phi) is 20.5. The van der Waals surface area contributed by atoms with Gasteiger partial charge in [0.2, 0.25) is 0 Å². The lowest BCUT2D eigenvalue weighted by Gasteiger charge is -2.14. The normalized spacial score (nSPS) is 10.7. The number of nitrogens with one attached hydrogen (secondary N) is 1. The van der Waals surface area contributed by atoms with Gasteiger partial charge in [0.15, 0.2) is 0 Å². The van der Waals surface area contributed by atoms with Gasteiger partial charge < -0.3 is 15.8 Å². The number of carbonyl (C=O) groups excluding carboxylic acids is 1. The molecule has 38 heavy (non-hydrogen) atoms. The van der Waals surface area contributed by atoms with Crippen LogP contribution >= 0.6 is 12.4 Å². The SMILES string of the molecule is CCCCCCCCCCCCOc1ccc(CCc2ccccc2)cc1C(=O)NCCCCCCN.Cl. The monoisotopic (exact) mass is 544 g/mol. The van der Waals surface area contributed by atoms with Crippen molar-refractivity contribution in [2.24, 2.45) is 5.73 Å². The highest BCUT2D eigenvalue weighted by molar-refractivity contribution is 5.97. The lowest BCUT2D eigenvalue weighted by atomic mass is 10.0. The Balaban J connectivity index is 0.00000722. The van der Waals surface area contributed by atoms with E-state index in [1.165, 1.54) is 68.9 Å². The number of unbranched alkanes of at least 4 members (excludes halogenated alkanes) is 12. The molecular formula is C33H53ClN2O2. The fourth-order valence-corrected chi connectivity index (χ4v) is 4.66. The predicted molar refractivity (Wildman–Crippen MR) is 165 cm³/mol. The number of halogens is 1. The van der Waals surface area contributed by atoms with E-state index in [9.17, 15) is 4.79 Å². The van der Waals surface area contributed by atoms with Gasteiger partial charge in [-0.25, -0.2) is 0 Å². The van der Waals surface area contributed by atoms with E-state index in [1.54, 1.807) is 0 Å². The van der Waals surface area contributed by atoms with E-state index in [2.05, 4.69) is 42.6 Å². The molecule has 4 nitrogen and oxygen atoms in total. The Morgan fingerprint density at radius 3 is 2.03 bits per heavy atom. The molecule has 2 rings (SSSR count). The summed E-state index contributed by atoms with van der Waals surface area (Å²) in [6.07, 6.45) is 19.1. The Labute approximate surface area is 238 Å². The number of ether oxygens (including phenoxy) is 1. The maximum Gasteiger partial charge on any atom is 0.255 e. The number of benzene rings is 2. The fraction of sp³-hybridized carbons (Fsp3) is 0.606. The lowest BCUT2D eigenvalue weighted by molar-refractivity contribution is 0.0948. The number of nitrogens with two attached hydrogens (primary N) is 1. The van der Waals surface area contributed by atoms with Crippen molar-refractivity contribution in [2.75, 3.05) is 19.7 Å². The minimum Gasteiger partial charge on any atom is -0.493 e. The minimum atomic E-state index is -0.0292. The first-order chi connectivity index (χ1) is 18.2. The first kappa shape index (κ1) is 34.0. The number of rotatable bonds is 22. The Morgan fingerprint density at radius 2 is 1.34 bits per heavy atom. The molecule has 0 aliphatic heterocycles. The van der Waals surface area contributed by atoms with Crippen molar-refractivity contribution in [2.45, 2.75) is 110 Å². The molecule has 0 fully saturated rings. The minimum absolute atomic E-state index is 0. The summed E-state index contributed by atoms with van der Waals surface area (Å²) in [5.41, 5.74) is 8.73. The first-order valence-corrected chi connectivity index (χ1v) is 15.0. The summed E-state index contributed by atoms with van der Waals surface area (Å²) in [5, 5.41) is 3.11. The zero-order chi connectivity index (χ0) is 26.4. The highest BCUT2D eigenvalue weighted by Crippen LogP contribution is 2.22. The third-order valence-electron chi connectivity index (χ3n) is 7.01. The molecule has 5 heteroatoms. The molecule has 3 N–H and O–H groups in total. The van der Waals surface area contributed by atoms with Gasteiger partial charge in [-0.1, -0.05) is 114 Å². The quantitative estimate of drug-likeness (QED) is 0.146. The maximum atomic E-state index is 13.1. The van der Waals surface area contributed by atoms with Crippen molar-refractivity contribution in [3.63, 3.8) is 0 Å². The molecule has 214 valence electrons. The first-order valence-electron chi connectivity index (χ1n) is 15.0. The van der Waals surface area contributed by atoms with E-state index in [4.69, 9.17) is 10.5 Å². The highest BCUT2D eigenvalue weighted by atomic mass is 35.5. The zero-order valence-corrected chi connectivity index (χ0v) is 24.7. The summed E-state index contributed by atoms with van der Waals surface area (Å²) in [7, 11) is 0. The van der Waals surface area contributed by atoms with E-state index in [1.807, 2.05) is 18.2 Å². The van der Waals surface area contributed by atoms with Gasteiger partial charge in [-0.15, -0.1) is 12.4 Å². The van der Waals surface area contributed by atoms with Crippen molar-refractivity contribution in [1.82, 2.24) is 5.32 Å². The second-order valence-electron chi connectivity index (χ2n) is 10.3. The molecule has 2 aromatic carbocycles. The predicted octanol–water partition coefficient (Wildman–Crippen LogP) is 8.44. The van der Waals surface area contributed by atoms with Crippen LogP contribution in [0.15, 0.2) is 48.5 Å². The summed E-state index contributed by atoms with van der Waals surface area (Å²) in [6, 6.07) is 16.6. The fourth-order valence-electron chi connectivity index (χ4n) is 4.66. The van der Waals surface area contributed by atoms with Gasteiger partial charge in [0, 0.05) is 6.54 Å². The van der Waals surface area contributed by atoms with Crippen LogP contribution in [0.4, 0.5) is 0 Å². The summed E-state index contributed by atoms with van der Waals surface area (Å²) in [5.74, 6) is 0.679. The van der Waals surface area contributed by atoms with Crippen molar-refractivity contribution in [1.29, 1.82) is 0 Å². The average molecular weight is 545 g/mol. The molecule has 0 unspecified atom stereocenters. The molecule has 1 amide bonds. The van der Waals surface area contributed by atoms with E-state index >= 15 is 0 Å². The van der Waals surface area contributed by atoms with Crippen LogP contribution in [0, 0.1) is 0 Å². The van der Waals surface area contributed by atoms with Crippen LogP contribution in [-0.2, 0) is 12.8 Å². The van der Waals surface area contributed by atoms with Crippen molar-refractivity contribution >= 4 is 18.3 Å². The van der Waals surface area contributed by atoms with Crippen molar-refractivity contribution in [3.05, 3.63) is 65.2 Å². The summed E-state index contributed by atoms with van der Waals surface area (Å²) in [4.78, 5) is 13.1. The van der Waals surface area contributed by atoms with Gasteiger partial charge in [-0.05, 0) is 61.9 Å². The van der Waals surface area contributed by atoms with Gasteiger partial charge in [-0.3, -0.25) is 4.79 Å². The number of carbonyl (C=O) groups is 1. The standard InChI is InChI=1S/C33H52N2O2.ClH/c1-2-3-4-5-6-7-8-9-12-18-27-37-32-24-23-30(22-21-29-19-14-13-15-20-29)28-31(32)33(36)35-26-17-11-10-16-25-34;/h13-15,19-20,23-24,28H,2-12,16-18,21-22,25-27,34H2,1H3,(H,35,36);1H. The molecule has 0 heterocycles. The molecular weight excluding hydrogens is 492 g/mol. The summed E-state index contributed by atoms with van der Waals surface area (Å²) < 4.78 is 6.13. The second-order valence-corrected chi connectivity index (χ2v) is 10.3. The van der Waals surface area contributed by atoms with E-state index in [0.717, 1.165) is 51.5 Å². The van der Waals surface area contributed by atoms with Gasteiger partial charge >= 0.3 is 0 Å². The average Bonchev–Trinajstić information content (AvgIpc) is 2.93. The maximum absolute atomic E-state index is 13.1. The van der Waals surface area contributed by atoms with Crippen LogP contribution in [0.2, 0.25) is 0 Å². The van der Waals surface area contributed by atoms with E-state index in [0.29, 0.717) is 24.5 Å². The molecule has 0 radical (unpaired) electrons. The zero-order valence-electron chi connectivity index (χ0n) is 23.9. The Bertz CT molecular complexity index is 844. The molecule has 0 saturated heterocycles. The number of amides is 1. The van der Waals surface area contributed by atoms with Gasteiger partial charge in [0.05, 0.1) is 12.2 Å². The Morgan fingerprint density at radius 1 is 0.737 bits per heavy atom. The molecule has 0 spiro atoms. The number of aryl methyl sites for hydroxylation is 2. The lowest BCUT2D eigenvalue weighted by Crippen LogP contribution is -2.25. The van der Waals surface area contributed by atoms with Crippen molar-refractivity contribution in [3.8, 4) is 5.75 Å². The molecule has 0 atom stereocenters. The number of hydrogen-bond acceptors (Lipinski definition) is 3. The van der Waals surface area contributed by atoms with Crippen LogP contribution in [0.1, 0.15) is 118 Å². The Hall–Kier alpha value is -2.04. The van der Waals surface area contributed by atoms with Crippen LogP contribution in [-0.4, -0.2) is 25.6 Å². The third kappa shape index (κ3) is 15.4. The largest absolute Gasteiger partial charge is 0.493 e. The highest BCUT2D eigenvalue weighted by Gasteiger charge is 2.14. The molecule has 0 aliphatic rings. The van der Waals surface area contributed by atoms with Crippen molar-refractivity contribution < 1.29 is 9.53 Å². The second kappa shape index (κ2) is 22.9. The van der Waals surface area contributed by atoms with Crippen LogP contribution in [0.3, 0.4) is 0 Å². The molecule has 2 aromatic rings. The molecule has 0 bridgehead atoms. The van der Waals surface area contributed by atoms with Gasteiger partial charge in [-0.2, -0.15) is 0 Å². The summed E-state index contributed by atoms with van der Waals surface area (Å²) in [6.45, 7) is 4.36. The van der Waals surface area contributed by atoms with E-state index < -0.39 is 0 Å². The third-order valence-corrected chi connectivity index (χ3v) is 7.01. The van der Waals surface area contributed by atoms with Gasteiger partial charge in [0.25, 0.3) is 5.91 Å². The number of hydrogen-bond donors (Lipinski definition) is 2. The van der Waals surface area contributed by atoms with Crippen LogP contribution < -0.4 is 15.8 Å². The van der Waals surface area contributed by atoms with Crippen LogP contribution in [0.5, 0.6) is 5.75 Å². The molecule has 0 aromatic heterocycles. The molecule has 0 saturated carbocycles. The van der Waals surface area contributed by atoms with E-state index in [-0.39, 0.29) is 18.3 Å². The van der Waals surface area contributed by atoms with Gasteiger partial charge in [0.1, 0.15) is 5.75 Å². The smallest absolute Gasteiger partial charge is 0.255 e. The summed E-state index contributed by atoms with van der Waals surface area (Å²) >= 11 is 0. The topological polar surface area (TPSA) is 64.3 Å². The van der Waals surface area contributed by atoms with Crippen LogP contribution in [0.25, 0.3) is 0 Å². The molecule has 0 aliphatic carbocycles.